The van der Waals surface area contributed by atoms with Crippen molar-refractivity contribution in [2.24, 2.45) is 0 Å². The summed E-state index contributed by atoms with van der Waals surface area (Å²) in [7, 11) is 0. The quantitative estimate of drug-likeness (QED) is 0.776. The molecule has 24 heavy (non-hydrogen) atoms. The fourth-order valence-electron chi connectivity index (χ4n) is 2.44. The van der Waals surface area contributed by atoms with Gasteiger partial charge in [-0.1, -0.05) is 32.9 Å². The van der Waals surface area contributed by atoms with Gasteiger partial charge in [0.25, 0.3) is 5.91 Å². The summed E-state index contributed by atoms with van der Waals surface area (Å²) in [6.45, 7) is 6.51. The summed E-state index contributed by atoms with van der Waals surface area (Å²) in [5, 5.41) is 7.10. The zero-order valence-electron chi connectivity index (χ0n) is 14.2. The summed E-state index contributed by atoms with van der Waals surface area (Å²) in [5.41, 5.74) is 3.68. The van der Waals surface area contributed by atoms with Crippen LogP contribution < -0.4 is 5.32 Å². The van der Waals surface area contributed by atoms with Gasteiger partial charge in [0.2, 0.25) is 0 Å². The molecule has 0 aliphatic rings. The summed E-state index contributed by atoms with van der Waals surface area (Å²) >= 11 is 0. The van der Waals surface area contributed by atoms with Crippen molar-refractivity contribution in [3.8, 4) is 5.69 Å². The highest BCUT2D eigenvalue weighted by atomic mass is 16.1. The molecule has 0 unspecified atom stereocenters. The molecule has 4 heteroatoms. The number of carbonyl (C=O) groups is 1. The summed E-state index contributed by atoms with van der Waals surface area (Å²) in [5.74, 6) is -0.120. The van der Waals surface area contributed by atoms with E-state index in [1.165, 1.54) is 5.56 Å². The first kappa shape index (κ1) is 16.0. The molecule has 0 atom stereocenters. The number of benzene rings is 2. The van der Waals surface area contributed by atoms with Crippen LogP contribution in [0.25, 0.3) is 5.69 Å². The normalized spacial score (nSPS) is 11.3. The van der Waals surface area contributed by atoms with E-state index < -0.39 is 0 Å². The Kier molecular flexibility index (Phi) is 4.21. The van der Waals surface area contributed by atoms with Gasteiger partial charge in [0.05, 0.1) is 5.69 Å². The minimum atomic E-state index is -0.120. The van der Waals surface area contributed by atoms with Crippen LogP contribution in [0, 0.1) is 0 Å². The number of aromatic nitrogens is 2. The van der Waals surface area contributed by atoms with Crippen LogP contribution in [0.1, 0.15) is 36.7 Å². The van der Waals surface area contributed by atoms with Crippen molar-refractivity contribution in [2.45, 2.75) is 26.2 Å². The molecule has 1 aromatic heterocycles. The van der Waals surface area contributed by atoms with Gasteiger partial charge in [0.15, 0.2) is 0 Å². The van der Waals surface area contributed by atoms with Gasteiger partial charge < -0.3 is 5.32 Å². The van der Waals surface area contributed by atoms with Crippen molar-refractivity contribution in [2.75, 3.05) is 5.32 Å². The van der Waals surface area contributed by atoms with E-state index in [0.29, 0.717) is 5.56 Å². The Balaban J connectivity index is 1.71. The van der Waals surface area contributed by atoms with Gasteiger partial charge in [-0.3, -0.25) is 4.79 Å². The lowest BCUT2D eigenvalue weighted by molar-refractivity contribution is 0.102. The number of hydrogen-bond acceptors (Lipinski definition) is 2. The topological polar surface area (TPSA) is 46.9 Å². The number of rotatable bonds is 3. The molecule has 0 saturated carbocycles. The third-order valence-electron chi connectivity index (χ3n) is 3.91. The van der Waals surface area contributed by atoms with Crippen molar-refractivity contribution >= 4 is 11.6 Å². The molecule has 122 valence electrons. The van der Waals surface area contributed by atoms with Crippen molar-refractivity contribution < 1.29 is 4.79 Å². The standard InChI is InChI=1S/C20H21N3O/c1-20(2,3)16-7-9-17(10-8-16)22-19(24)15-5-11-18(12-6-15)23-14-4-13-21-23/h4-14H,1-3H3,(H,22,24). The molecule has 3 rings (SSSR count). The molecule has 0 fully saturated rings. The molecule has 0 radical (unpaired) electrons. The second-order valence-corrected chi connectivity index (χ2v) is 6.78. The lowest BCUT2D eigenvalue weighted by atomic mass is 9.87. The van der Waals surface area contributed by atoms with E-state index in [9.17, 15) is 4.79 Å². The average Bonchev–Trinajstić information content (AvgIpc) is 3.09. The van der Waals surface area contributed by atoms with Crippen LogP contribution in [0.3, 0.4) is 0 Å². The van der Waals surface area contributed by atoms with Crippen molar-refractivity contribution in [3.63, 3.8) is 0 Å². The minimum absolute atomic E-state index is 0.102. The summed E-state index contributed by atoms with van der Waals surface area (Å²) in [4.78, 5) is 12.4. The maximum atomic E-state index is 12.4. The molecule has 1 N–H and O–H groups in total. The van der Waals surface area contributed by atoms with Gasteiger partial charge in [-0.2, -0.15) is 5.10 Å². The van der Waals surface area contributed by atoms with Gasteiger partial charge in [-0.15, -0.1) is 0 Å². The maximum Gasteiger partial charge on any atom is 0.255 e. The fraction of sp³-hybridized carbons (Fsp3) is 0.200. The first-order valence-corrected chi connectivity index (χ1v) is 7.95. The van der Waals surface area contributed by atoms with Gasteiger partial charge >= 0.3 is 0 Å². The van der Waals surface area contributed by atoms with E-state index in [1.807, 2.05) is 36.5 Å². The monoisotopic (exact) mass is 319 g/mol. The van der Waals surface area contributed by atoms with Crippen LogP contribution in [-0.4, -0.2) is 15.7 Å². The number of carbonyl (C=O) groups excluding carboxylic acids is 1. The Labute approximate surface area is 142 Å². The molecule has 4 nitrogen and oxygen atoms in total. The number of nitrogens with zero attached hydrogens (tertiary/aromatic N) is 2. The van der Waals surface area contributed by atoms with Gasteiger partial charge in [0, 0.05) is 23.6 Å². The number of anilines is 1. The molecule has 0 aliphatic heterocycles. The second kappa shape index (κ2) is 6.32. The molecule has 1 amide bonds. The van der Waals surface area contributed by atoms with E-state index in [-0.39, 0.29) is 11.3 Å². The lowest BCUT2D eigenvalue weighted by Gasteiger charge is -2.19. The van der Waals surface area contributed by atoms with Crippen LogP contribution in [0.15, 0.2) is 67.0 Å². The SMILES string of the molecule is CC(C)(C)c1ccc(NC(=O)c2ccc(-n3cccn3)cc2)cc1. The van der Waals surface area contributed by atoms with Crippen LogP contribution in [0.2, 0.25) is 0 Å². The Bertz CT molecular complexity index is 811. The predicted molar refractivity (Wildman–Crippen MR) is 96.7 cm³/mol. The largest absolute Gasteiger partial charge is 0.322 e. The molecule has 0 bridgehead atoms. The predicted octanol–water partition coefficient (Wildman–Crippen LogP) is 4.42. The average molecular weight is 319 g/mol. The Morgan fingerprint density at radius 2 is 1.67 bits per heavy atom. The highest BCUT2D eigenvalue weighted by molar-refractivity contribution is 6.04. The molecule has 0 aliphatic carbocycles. The van der Waals surface area contributed by atoms with Crippen LogP contribution in [0.4, 0.5) is 5.69 Å². The highest BCUT2D eigenvalue weighted by Gasteiger charge is 2.13. The number of amides is 1. The molecular formula is C20H21N3O. The van der Waals surface area contributed by atoms with E-state index in [0.717, 1.165) is 11.4 Å². The molecule has 0 saturated heterocycles. The van der Waals surface area contributed by atoms with E-state index in [2.05, 4.69) is 43.3 Å². The van der Waals surface area contributed by atoms with E-state index in [4.69, 9.17) is 0 Å². The van der Waals surface area contributed by atoms with Gasteiger partial charge in [-0.25, -0.2) is 4.68 Å². The fourth-order valence-corrected chi connectivity index (χ4v) is 2.44. The summed E-state index contributed by atoms with van der Waals surface area (Å²) < 4.78 is 1.76. The Morgan fingerprint density at radius 1 is 1.00 bits per heavy atom. The smallest absolute Gasteiger partial charge is 0.255 e. The first-order valence-electron chi connectivity index (χ1n) is 7.95. The Morgan fingerprint density at radius 3 is 2.21 bits per heavy atom. The van der Waals surface area contributed by atoms with Gasteiger partial charge in [0.1, 0.15) is 0 Å². The van der Waals surface area contributed by atoms with Gasteiger partial charge in [-0.05, 0) is 53.4 Å². The number of nitrogens with one attached hydrogen (secondary N) is 1. The molecule has 1 heterocycles. The van der Waals surface area contributed by atoms with Crippen LogP contribution in [-0.2, 0) is 5.41 Å². The van der Waals surface area contributed by atoms with E-state index >= 15 is 0 Å². The summed E-state index contributed by atoms with van der Waals surface area (Å²) in [6.07, 6.45) is 3.59. The van der Waals surface area contributed by atoms with Crippen LogP contribution in [0.5, 0.6) is 0 Å². The van der Waals surface area contributed by atoms with Crippen LogP contribution >= 0.6 is 0 Å². The Hall–Kier alpha value is -2.88. The van der Waals surface area contributed by atoms with E-state index in [1.54, 1.807) is 23.0 Å². The minimum Gasteiger partial charge on any atom is -0.322 e. The molecular weight excluding hydrogens is 298 g/mol. The van der Waals surface area contributed by atoms with Crippen molar-refractivity contribution in [1.82, 2.24) is 9.78 Å². The second-order valence-electron chi connectivity index (χ2n) is 6.78. The number of hydrogen-bond donors (Lipinski definition) is 1. The first-order chi connectivity index (χ1) is 11.4. The molecule has 0 spiro atoms. The maximum absolute atomic E-state index is 12.4. The third kappa shape index (κ3) is 3.54. The molecule has 3 aromatic rings. The third-order valence-corrected chi connectivity index (χ3v) is 3.91. The summed E-state index contributed by atoms with van der Waals surface area (Å²) in [6, 6.07) is 17.2. The zero-order chi connectivity index (χ0) is 17.2. The van der Waals surface area contributed by atoms with Crippen molar-refractivity contribution in [1.29, 1.82) is 0 Å². The highest BCUT2D eigenvalue weighted by Crippen LogP contribution is 2.23. The molecule has 2 aromatic carbocycles. The van der Waals surface area contributed by atoms with Crippen molar-refractivity contribution in [3.05, 3.63) is 78.1 Å². The zero-order valence-corrected chi connectivity index (χ0v) is 14.2. The lowest BCUT2D eigenvalue weighted by Crippen LogP contribution is -2.13.